The minimum Gasteiger partial charge on any atom is -0.349 e. The molecule has 3 atom stereocenters. The molecule has 1 N–H and O–H groups in total. The summed E-state index contributed by atoms with van der Waals surface area (Å²) in [5.74, 6) is -2.69. The first-order valence-electron chi connectivity index (χ1n) is 14.8. The van der Waals surface area contributed by atoms with Crippen LogP contribution in [0.2, 0.25) is 0 Å². The minimum absolute atomic E-state index is 0.0443. The van der Waals surface area contributed by atoms with Crippen molar-refractivity contribution in [3.8, 4) is 0 Å². The molecule has 2 saturated carbocycles. The first kappa shape index (κ1) is 26.7. The topological polar surface area (TPSA) is 73.0 Å². The Kier molecular flexibility index (Phi) is 6.92. The molecule has 4 amide bonds. The van der Waals surface area contributed by atoms with E-state index in [1.165, 1.54) is 4.90 Å². The molecule has 3 saturated heterocycles. The van der Waals surface area contributed by atoms with Crippen molar-refractivity contribution < 1.29 is 23.2 Å². The van der Waals surface area contributed by atoms with Gasteiger partial charge < -0.3 is 10.2 Å². The molecule has 6 rings (SSSR count). The summed E-state index contributed by atoms with van der Waals surface area (Å²) in [7, 11) is 1.62. The van der Waals surface area contributed by atoms with Crippen LogP contribution < -0.4 is 5.32 Å². The monoisotopic (exact) mass is 542 g/mol. The van der Waals surface area contributed by atoms with Crippen molar-refractivity contribution in [1.82, 2.24) is 20.0 Å². The number of hydrogen-bond acceptors (Lipinski definition) is 4. The molecule has 212 valence electrons. The molecule has 1 aromatic rings. The molecule has 2 aliphatic carbocycles. The number of rotatable bonds is 8. The van der Waals surface area contributed by atoms with Crippen molar-refractivity contribution in [2.45, 2.75) is 100 Å². The Labute approximate surface area is 229 Å². The maximum absolute atomic E-state index is 13.7. The molecule has 9 heteroatoms. The zero-order valence-electron chi connectivity index (χ0n) is 22.8. The second-order valence-electron chi connectivity index (χ2n) is 12.7. The smallest absolute Gasteiger partial charge is 0.327 e. The summed E-state index contributed by atoms with van der Waals surface area (Å²) < 4.78 is 27.3. The standard InChI is InChI=1S/C30H40F2N4O3/c1-34-27(38)29(36(28(34)39)19-20-7-8-20)17-23-9-10-24(18-29)35(23)16-13-25(21-5-3-2-4-6-21)33-26(37)22-11-14-30(31,32)15-12-22/h2-6,20,22-25H,7-19H2,1H3,(H,33,37)/t23?,24?,25-,29?/m0/s1. The summed E-state index contributed by atoms with van der Waals surface area (Å²) in [4.78, 5) is 45.4. The summed E-state index contributed by atoms with van der Waals surface area (Å²) in [6.07, 6.45) is 6.31. The number of likely N-dealkylation sites (N-methyl/N-ethyl adjacent to an activating group) is 1. The zero-order chi connectivity index (χ0) is 27.4. The van der Waals surface area contributed by atoms with Gasteiger partial charge in [0, 0.05) is 51.0 Å². The molecule has 2 bridgehead atoms. The van der Waals surface area contributed by atoms with Crippen molar-refractivity contribution in [3.05, 3.63) is 35.9 Å². The van der Waals surface area contributed by atoms with Crippen LogP contribution in [0.1, 0.15) is 82.2 Å². The molecule has 5 aliphatic rings. The van der Waals surface area contributed by atoms with Crippen molar-refractivity contribution in [2.75, 3.05) is 20.1 Å². The summed E-state index contributed by atoms with van der Waals surface area (Å²) in [5.41, 5.74) is 0.300. The van der Waals surface area contributed by atoms with E-state index in [1.807, 2.05) is 35.2 Å². The number of halogens is 2. The number of carbonyl (C=O) groups is 3. The van der Waals surface area contributed by atoms with Crippen LogP contribution in [0.4, 0.5) is 13.6 Å². The quantitative estimate of drug-likeness (QED) is 0.482. The number of imide groups is 1. The molecule has 3 aliphatic heterocycles. The van der Waals surface area contributed by atoms with Crippen molar-refractivity contribution in [2.24, 2.45) is 11.8 Å². The Morgan fingerprint density at radius 2 is 1.64 bits per heavy atom. The van der Waals surface area contributed by atoms with Crippen LogP contribution in [-0.2, 0) is 9.59 Å². The van der Waals surface area contributed by atoms with Crippen molar-refractivity contribution in [1.29, 1.82) is 0 Å². The van der Waals surface area contributed by atoms with Crippen LogP contribution in [0.15, 0.2) is 30.3 Å². The predicted octanol–water partition coefficient (Wildman–Crippen LogP) is 4.73. The van der Waals surface area contributed by atoms with E-state index in [0.29, 0.717) is 31.7 Å². The van der Waals surface area contributed by atoms with Gasteiger partial charge in [-0.3, -0.25) is 19.4 Å². The summed E-state index contributed by atoms with van der Waals surface area (Å²) in [6.45, 7) is 1.46. The number of amides is 4. The molecule has 39 heavy (non-hydrogen) atoms. The zero-order valence-corrected chi connectivity index (χ0v) is 22.8. The lowest BCUT2D eigenvalue weighted by Crippen LogP contribution is -2.60. The Balaban J connectivity index is 1.14. The van der Waals surface area contributed by atoms with E-state index >= 15 is 0 Å². The minimum atomic E-state index is -2.66. The third-order valence-corrected chi connectivity index (χ3v) is 10.1. The van der Waals surface area contributed by atoms with Crippen LogP contribution in [-0.4, -0.2) is 76.2 Å². The number of alkyl halides is 2. The number of fused-ring (bicyclic) bond motifs is 2. The highest BCUT2D eigenvalue weighted by Crippen LogP contribution is 2.48. The lowest BCUT2D eigenvalue weighted by Gasteiger charge is -2.47. The Morgan fingerprint density at radius 3 is 2.26 bits per heavy atom. The van der Waals surface area contributed by atoms with Gasteiger partial charge in [0.2, 0.25) is 11.8 Å². The van der Waals surface area contributed by atoms with Crippen molar-refractivity contribution >= 4 is 17.8 Å². The highest BCUT2D eigenvalue weighted by molar-refractivity contribution is 6.07. The van der Waals surface area contributed by atoms with Crippen molar-refractivity contribution in [3.63, 3.8) is 0 Å². The Morgan fingerprint density at radius 1 is 1.00 bits per heavy atom. The molecule has 1 spiro atoms. The fourth-order valence-electron chi connectivity index (χ4n) is 7.64. The van der Waals surface area contributed by atoms with Gasteiger partial charge >= 0.3 is 6.03 Å². The molecule has 5 fully saturated rings. The number of nitrogens with one attached hydrogen (secondary N) is 1. The predicted molar refractivity (Wildman–Crippen MR) is 142 cm³/mol. The van der Waals surface area contributed by atoms with Crippen LogP contribution in [0.25, 0.3) is 0 Å². The van der Waals surface area contributed by atoms with Gasteiger partial charge in [0.05, 0.1) is 6.04 Å². The van der Waals surface area contributed by atoms with E-state index in [2.05, 4.69) is 10.2 Å². The third kappa shape index (κ3) is 5.07. The largest absolute Gasteiger partial charge is 0.349 e. The molecule has 2 unspecified atom stereocenters. The number of hydrogen-bond donors (Lipinski definition) is 1. The number of nitrogens with zero attached hydrogens (tertiary/aromatic N) is 3. The first-order valence-corrected chi connectivity index (χ1v) is 14.8. The number of carbonyl (C=O) groups excluding carboxylic acids is 3. The lowest BCUT2D eigenvalue weighted by molar-refractivity contribution is -0.136. The molecule has 0 radical (unpaired) electrons. The van der Waals surface area contributed by atoms with Gasteiger partial charge in [-0.1, -0.05) is 30.3 Å². The molecular weight excluding hydrogens is 502 g/mol. The lowest BCUT2D eigenvalue weighted by atomic mass is 9.81. The summed E-state index contributed by atoms with van der Waals surface area (Å²) in [5, 5.41) is 3.20. The van der Waals surface area contributed by atoms with Gasteiger partial charge in [-0.15, -0.1) is 0 Å². The van der Waals surface area contributed by atoms with Gasteiger partial charge in [0.1, 0.15) is 5.54 Å². The first-order chi connectivity index (χ1) is 18.7. The van der Waals surface area contributed by atoms with E-state index in [1.54, 1.807) is 7.05 Å². The van der Waals surface area contributed by atoms with E-state index in [-0.39, 0.29) is 67.6 Å². The van der Waals surface area contributed by atoms with Gasteiger partial charge in [0.15, 0.2) is 0 Å². The van der Waals surface area contributed by atoms with Gasteiger partial charge in [-0.25, -0.2) is 13.6 Å². The number of urea groups is 1. The second-order valence-corrected chi connectivity index (χ2v) is 12.7. The summed E-state index contributed by atoms with van der Waals surface area (Å²) in [6, 6.07) is 9.97. The summed E-state index contributed by atoms with van der Waals surface area (Å²) >= 11 is 0. The molecule has 1 aromatic carbocycles. The molecule has 0 aromatic heterocycles. The van der Waals surface area contributed by atoms with E-state index in [9.17, 15) is 23.2 Å². The van der Waals surface area contributed by atoms with Crippen LogP contribution >= 0.6 is 0 Å². The molecule has 7 nitrogen and oxygen atoms in total. The number of benzene rings is 1. The fourth-order valence-corrected chi connectivity index (χ4v) is 7.64. The average molecular weight is 543 g/mol. The Hall–Kier alpha value is -2.55. The van der Waals surface area contributed by atoms with E-state index < -0.39 is 11.5 Å². The van der Waals surface area contributed by atoms with Crippen LogP contribution in [0.5, 0.6) is 0 Å². The van der Waals surface area contributed by atoms with Crippen LogP contribution in [0, 0.1) is 11.8 Å². The van der Waals surface area contributed by atoms with Gasteiger partial charge in [-0.05, 0) is 69.3 Å². The Bertz CT molecular complexity index is 1090. The second kappa shape index (κ2) is 10.1. The SMILES string of the molecule is CN1C(=O)N(CC2CC2)C2(CC3CCC(C2)N3CC[C@H](NC(=O)C2CCC(F)(F)CC2)c2ccccc2)C1=O. The highest BCUT2D eigenvalue weighted by atomic mass is 19.3. The maximum Gasteiger partial charge on any atom is 0.327 e. The molecule has 3 heterocycles. The fraction of sp³-hybridized carbons (Fsp3) is 0.700. The number of piperidine rings is 1. The van der Waals surface area contributed by atoms with Crippen LogP contribution in [0.3, 0.4) is 0 Å². The van der Waals surface area contributed by atoms with E-state index in [4.69, 9.17) is 0 Å². The van der Waals surface area contributed by atoms with Gasteiger partial charge in [0.25, 0.3) is 5.91 Å². The maximum atomic E-state index is 13.7. The van der Waals surface area contributed by atoms with E-state index in [0.717, 1.165) is 37.8 Å². The third-order valence-electron chi connectivity index (χ3n) is 10.1. The van der Waals surface area contributed by atoms with Gasteiger partial charge in [-0.2, -0.15) is 0 Å². The average Bonchev–Trinajstić information content (AvgIpc) is 3.69. The normalized spacial score (nSPS) is 31.8. The highest BCUT2D eigenvalue weighted by Gasteiger charge is 2.62. The molecular formula is C30H40F2N4O3.